The zero-order valence-corrected chi connectivity index (χ0v) is 14.4. The van der Waals surface area contributed by atoms with Gasteiger partial charge in [0.05, 0.1) is 26.4 Å². The van der Waals surface area contributed by atoms with Crippen molar-refractivity contribution in [3.8, 4) is 5.75 Å². The lowest BCUT2D eigenvalue weighted by molar-refractivity contribution is -0.116. The monoisotopic (exact) mass is 330 g/mol. The highest BCUT2D eigenvalue weighted by Gasteiger charge is 2.23. The lowest BCUT2D eigenvalue weighted by atomic mass is 10.0. The Balaban J connectivity index is 2.05. The van der Waals surface area contributed by atoms with Crippen LogP contribution >= 0.6 is 0 Å². The first kappa shape index (κ1) is 18.2. The van der Waals surface area contributed by atoms with Crippen molar-refractivity contribution in [3.63, 3.8) is 0 Å². The lowest BCUT2D eigenvalue weighted by Crippen LogP contribution is -2.43. The van der Waals surface area contributed by atoms with Crippen LogP contribution in [0.5, 0.6) is 5.75 Å². The van der Waals surface area contributed by atoms with E-state index >= 15 is 0 Å². The topological polar surface area (TPSA) is 50.8 Å². The number of rotatable bonds is 7. The molecule has 2 rings (SSSR count). The van der Waals surface area contributed by atoms with E-state index < -0.39 is 0 Å². The largest absolute Gasteiger partial charge is 0.497 e. The van der Waals surface area contributed by atoms with E-state index in [1.165, 1.54) is 0 Å². The zero-order valence-electron chi connectivity index (χ0n) is 14.4. The van der Waals surface area contributed by atoms with Crippen LogP contribution in [0.2, 0.25) is 0 Å². The number of nitrogens with zero attached hydrogens (tertiary/aromatic N) is 1. The molecule has 0 saturated carbocycles. The van der Waals surface area contributed by atoms with Crippen molar-refractivity contribution in [1.29, 1.82) is 0 Å². The summed E-state index contributed by atoms with van der Waals surface area (Å²) in [5.74, 6) is 0.748. The summed E-state index contributed by atoms with van der Waals surface area (Å²) < 4.78 is 10.7. The van der Waals surface area contributed by atoms with Gasteiger partial charge >= 0.3 is 0 Å². The highest BCUT2D eigenvalue weighted by atomic mass is 16.5. The van der Waals surface area contributed by atoms with Gasteiger partial charge in [0, 0.05) is 25.7 Å². The maximum Gasteiger partial charge on any atom is 0.244 e. The van der Waals surface area contributed by atoms with Crippen molar-refractivity contribution in [3.05, 3.63) is 54.1 Å². The number of amides is 1. The molecule has 1 saturated heterocycles. The summed E-state index contributed by atoms with van der Waals surface area (Å²) in [5, 5.41) is 2.99. The maximum absolute atomic E-state index is 11.9. The Morgan fingerprint density at radius 3 is 2.62 bits per heavy atom. The normalized spacial score (nSPS) is 17.2. The molecule has 0 aromatic heterocycles. The average Bonchev–Trinajstić information content (AvgIpc) is 2.63. The van der Waals surface area contributed by atoms with Crippen LogP contribution in [-0.2, 0) is 9.53 Å². The van der Waals surface area contributed by atoms with Gasteiger partial charge < -0.3 is 14.8 Å². The van der Waals surface area contributed by atoms with Gasteiger partial charge in [-0.25, -0.2) is 0 Å². The van der Waals surface area contributed by atoms with Crippen LogP contribution in [0, 0.1) is 0 Å². The molecule has 0 spiro atoms. The van der Waals surface area contributed by atoms with Crippen molar-refractivity contribution in [2.75, 3.05) is 40.0 Å². The molecule has 5 nitrogen and oxygen atoms in total. The molecule has 0 aliphatic carbocycles. The van der Waals surface area contributed by atoms with Gasteiger partial charge in [-0.1, -0.05) is 30.4 Å². The molecule has 1 atom stereocenters. The number of hydrogen-bond acceptors (Lipinski definition) is 4. The second-order valence-electron chi connectivity index (χ2n) is 5.57. The second-order valence-corrected chi connectivity index (χ2v) is 5.57. The van der Waals surface area contributed by atoms with E-state index in [0.717, 1.165) is 37.6 Å². The summed E-state index contributed by atoms with van der Waals surface area (Å²) in [5.41, 5.74) is 1.16. The predicted octanol–water partition coefficient (Wildman–Crippen LogP) is 2.32. The van der Waals surface area contributed by atoms with Crippen LogP contribution < -0.4 is 10.1 Å². The van der Waals surface area contributed by atoms with Crippen molar-refractivity contribution in [2.45, 2.75) is 13.0 Å². The van der Waals surface area contributed by atoms with Gasteiger partial charge in [0.15, 0.2) is 0 Å². The molecule has 5 heteroatoms. The van der Waals surface area contributed by atoms with E-state index in [1.54, 1.807) is 19.3 Å². The third-order valence-electron chi connectivity index (χ3n) is 4.01. The fourth-order valence-corrected chi connectivity index (χ4v) is 2.68. The third-order valence-corrected chi connectivity index (χ3v) is 4.01. The number of hydrogen-bond donors (Lipinski definition) is 1. The molecular formula is C19H26N2O3. The standard InChI is InChI=1S/C19H26N2O3/c1-3-4-5-6-19(22)20-15-18(21-11-13-24-14-12-21)16-7-9-17(23-2)10-8-16/h3-10,18H,11-15H2,1-2H3,(H,20,22)/b4-3+,6-5+. The molecule has 0 bridgehead atoms. The Kier molecular flexibility index (Phi) is 7.52. The molecule has 1 aromatic carbocycles. The molecule has 0 radical (unpaired) electrons. The number of benzene rings is 1. The highest BCUT2D eigenvalue weighted by molar-refractivity contribution is 5.87. The Morgan fingerprint density at radius 1 is 1.29 bits per heavy atom. The summed E-state index contributed by atoms with van der Waals surface area (Å²) in [4.78, 5) is 14.3. The van der Waals surface area contributed by atoms with Crippen LogP contribution in [0.1, 0.15) is 18.5 Å². The van der Waals surface area contributed by atoms with Gasteiger partial charge in [-0.2, -0.15) is 0 Å². The van der Waals surface area contributed by atoms with Crippen LogP contribution in [-0.4, -0.2) is 50.8 Å². The van der Waals surface area contributed by atoms with Gasteiger partial charge in [-0.05, 0) is 24.6 Å². The number of carbonyl (C=O) groups is 1. The molecule has 1 amide bonds. The van der Waals surface area contributed by atoms with E-state index in [2.05, 4.69) is 22.3 Å². The second kappa shape index (κ2) is 9.90. The van der Waals surface area contributed by atoms with E-state index in [1.807, 2.05) is 31.2 Å². The third kappa shape index (κ3) is 5.51. The average molecular weight is 330 g/mol. The van der Waals surface area contributed by atoms with E-state index in [9.17, 15) is 4.79 Å². The van der Waals surface area contributed by atoms with Crippen molar-refractivity contribution in [1.82, 2.24) is 10.2 Å². The SMILES string of the molecule is C/C=C/C=C/C(=O)NCC(c1ccc(OC)cc1)N1CCOCC1. The number of allylic oxidation sites excluding steroid dienone is 3. The van der Waals surface area contributed by atoms with Crippen LogP contribution in [0.15, 0.2) is 48.6 Å². The van der Waals surface area contributed by atoms with Crippen molar-refractivity contribution >= 4 is 5.91 Å². The Morgan fingerprint density at radius 2 is 2.00 bits per heavy atom. The summed E-state index contributed by atoms with van der Waals surface area (Å²) >= 11 is 0. The maximum atomic E-state index is 11.9. The molecule has 1 unspecified atom stereocenters. The van der Waals surface area contributed by atoms with Crippen LogP contribution in [0.3, 0.4) is 0 Å². The van der Waals surface area contributed by atoms with E-state index in [0.29, 0.717) is 6.54 Å². The van der Waals surface area contributed by atoms with Crippen LogP contribution in [0.25, 0.3) is 0 Å². The fourth-order valence-electron chi connectivity index (χ4n) is 2.68. The number of morpholine rings is 1. The quantitative estimate of drug-likeness (QED) is 0.616. The lowest BCUT2D eigenvalue weighted by Gasteiger charge is -2.34. The number of ether oxygens (including phenoxy) is 2. The van der Waals surface area contributed by atoms with Gasteiger partial charge in [-0.3, -0.25) is 9.69 Å². The van der Waals surface area contributed by atoms with Crippen molar-refractivity contribution < 1.29 is 14.3 Å². The first-order valence-corrected chi connectivity index (χ1v) is 8.27. The first-order valence-electron chi connectivity index (χ1n) is 8.27. The molecule has 1 fully saturated rings. The molecule has 1 heterocycles. The number of nitrogens with one attached hydrogen (secondary N) is 1. The minimum absolute atomic E-state index is 0.0835. The van der Waals surface area contributed by atoms with Gasteiger partial charge in [0.1, 0.15) is 5.75 Å². The van der Waals surface area contributed by atoms with Gasteiger partial charge in [0.2, 0.25) is 5.91 Å². The summed E-state index contributed by atoms with van der Waals surface area (Å²) in [6, 6.07) is 8.15. The molecule has 1 aromatic rings. The van der Waals surface area contributed by atoms with E-state index in [-0.39, 0.29) is 11.9 Å². The highest BCUT2D eigenvalue weighted by Crippen LogP contribution is 2.23. The number of carbonyl (C=O) groups excluding carboxylic acids is 1. The molecular weight excluding hydrogens is 304 g/mol. The first-order chi connectivity index (χ1) is 11.7. The minimum atomic E-state index is -0.0835. The van der Waals surface area contributed by atoms with E-state index in [4.69, 9.17) is 9.47 Å². The molecule has 130 valence electrons. The summed E-state index contributed by atoms with van der Waals surface area (Å²) in [6.07, 6.45) is 7.01. The predicted molar refractivity (Wildman–Crippen MR) is 95.1 cm³/mol. The summed E-state index contributed by atoms with van der Waals surface area (Å²) in [6.45, 7) is 5.65. The summed E-state index contributed by atoms with van der Waals surface area (Å²) in [7, 11) is 1.66. The molecule has 1 N–H and O–H groups in total. The smallest absolute Gasteiger partial charge is 0.244 e. The fraction of sp³-hybridized carbons (Fsp3) is 0.421. The zero-order chi connectivity index (χ0) is 17.2. The molecule has 1 aliphatic heterocycles. The minimum Gasteiger partial charge on any atom is -0.497 e. The molecule has 24 heavy (non-hydrogen) atoms. The van der Waals surface area contributed by atoms with Gasteiger partial charge in [-0.15, -0.1) is 0 Å². The van der Waals surface area contributed by atoms with Crippen molar-refractivity contribution in [2.24, 2.45) is 0 Å². The Bertz CT molecular complexity index is 560. The van der Waals surface area contributed by atoms with Gasteiger partial charge in [0.25, 0.3) is 0 Å². The van der Waals surface area contributed by atoms with Crippen LogP contribution in [0.4, 0.5) is 0 Å². The number of methoxy groups -OCH3 is 1. The Hall–Kier alpha value is -2.11. The molecule has 1 aliphatic rings. The Labute approximate surface area is 143 Å².